The lowest BCUT2D eigenvalue weighted by Gasteiger charge is -2.10. The highest BCUT2D eigenvalue weighted by atomic mass is 32.2. The summed E-state index contributed by atoms with van der Waals surface area (Å²) in [6.45, 7) is 9.34. The molecule has 0 saturated carbocycles. The lowest BCUT2D eigenvalue weighted by atomic mass is 10.1. The van der Waals surface area contributed by atoms with Crippen LogP contribution in [-0.2, 0) is 17.8 Å². The first-order valence-corrected chi connectivity index (χ1v) is 11.9. The van der Waals surface area contributed by atoms with Crippen LogP contribution >= 0.6 is 11.8 Å². The second-order valence-electron chi connectivity index (χ2n) is 7.28. The maximum absolute atomic E-state index is 12.5. The first-order valence-electron chi connectivity index (χ1n) is 10.9. The van der Waals surface area contributed by atoms with E-state index in [1.807, 2.05) is 53.1 Å². The molecule has 0 unspecified atom stereocenters. The van der Waals surface area contributed by atoms with Crippen molar-refractivity contribution in [1.29, 1.82) is 0 Å². The van der Waals surface area contributed by atoms with Crippen molar-refractivity contribution in [2.24, 2.45) is 0 Å². The summed E-state index contributed by atoms with van der Waals surface area (Å²) in [5.41, 5.74) is 2.91. The first kappa shape index (κ1) is 23.6. The predicted octanol–water partition coefficient (Wildman–Crippen LogP) is 5.60. The van der Waals surface area contributed by atoms with E-state index >= 15 is 0 Å². The molecule has 32 heavy (non-hydrogen) atoms. The van der Waals surface area contributed by atoms with E-state index in [4.69, 9.17) is 4.74 Å². The summed E-state index contributed by atoms with van der Waals surface area (Å²) >= 11 is 1.36. The third kappa shape index (κ3) is 6.23. The van der Waals surface area contributed by atoms with Crippen molar-refractivity contribution in [3.63, 3.8) is 0 Å². The highest BCUT2D eigenvalue weighted by Crippen LogP contribution is 2.26. The molecule has 0 radical (unpaired) electrons. The summed E-state index contributed by atoms with van der Waals surface area (Å²) in [7, 11) is 0. The average Bonchev–Trinajstić information content (AvgIpc) is 3.21. The number of thioether (sulfide) groups is 1. The third-order valence-electron chi connectivity index (χ3n) is 4.91. The fraction of sp³-hybridized carbons (Fsp3) is 0.320. The van der Waals surface area contributed by atoms with Gasteiger partial charge in [-0.2, -0.15) is 0 Å². The molecule has 2 aromatic carbocycles. The minimum atomic E-state index is -0.0702. The van der Waals surface area contributed by atoms with E-state index in [1.54, 1.807) is 6.08 Å². The Hall–Kier alpha value is -3.06. The van der Waals surface area contributed by atoms with E-state index < -0.39 is 0 Å². The quantitative estimate of drug-likeness (QED) is 0.221. The highest BCUT2D eigenvalue weighted by molar-refractivity contribution is 7.99. The summed E-state index contributed by atoms with van der Waals surface area (Å²) in [4.78, 5) is 12.5. The Kier molecular flexibility index (Phi) is 8.92. The molecule has 0 fully saturated rings. The largest absolute Gasteiger partial charge is 0.494 e. The number of carbonyl (C=O) groups is 1. The van der Waals surface area contributed by atoms with Gasteiger partial charge in [-0.3, -0.25) is 9.36 Å². The van der Waals surface area contributed by atoms with Gasteiger partial charge in [0.1, 0.15) is 5.75 Å². The molecule has 168 valence electrons. The maximum atomic E-state index is 12.5. The number of hydrogen-bond acceptors (Lipinski definition) is 5. The Balaban J connectivity index is 1.68. The smallest absolute Gasteiger partial charge is 0.234 e. The third-order valence-corrected chi connectivity index (χ3v) is 5.88. The van der Waals surface area contributed by atoms with E-state index in [1.165, 1.54) is 11.8 Å². The number of para-hydroxylation sites is 1. The van der Waals surface area contributed by atoms with E-state index in [9.17, 15) is 4.79 Å². The molecule has 0 bridgehead atoms. The number of nitrogens with one attached hydrogen (secondary N) is 1. The monoisotopic (exact) mass is 450 g/mol. The number of amides is 1. The Morgan fingerprint density at radius 2 is 1.94 bits per heavy atom. The Bertz CT molecular complexity index is 1030. The Labute approximate surface area is 194 Å². The summed E-state index contributed by atoms with van der Waals surface area (Å²) in [6, 6.07) is 15.7. The zero-order chi connectivity index (χ0) is 22.8. The van der Waals surface area contributed by atoms with Crippen LogP contribution in [0.15, 0.2) is 66.3 Å². The molecule has 1 N–H and O–H groups in total. The van der Waals surface area contributed by atoms with Gasteiger partial charge in [-0.05, 0) is 48.7 Å². The van der Waals surface area contributed by atoms with Crippen molar-refractivity contribution in [3.8, 4) is 17.1 Å². The minimum Gasteiger partial charge on any atom is -0.494 e. The number of rotatable bonds is 12. The van der Waals surface area contributed by atoms with Gasteiger partial charge in [-0.15, -0.1) is 16.8 Å². The number of carbonyl (C=O) groups excluding carboxylic acids is 1. The van der Waals surface area contributed by atoms with Crippen LogP contribution in [0.1, 0.15) is 32.3 Å². The average molecular weight is 451 g/mol. The number of nitrogens with zero attached hydrogens (tertiary/aromatic N) is 3. The number of anilines is 1. The first-order chi connectivity index (χ1) is 15.7. The van der Waals surface area contributed by atoms with Crippen LogP contribution in [0.25, 0.3) is 11.4 Å². The molecule has 3 rings (SSSR count). The highest BCUT2D eigenvalue weighted by Gasteiger charge is 2.15. The van der Waals surface area contributed by atoms with Gasteiger partial charge in [-0.25, -0.2) is 0 Å². The van der Waals surface area contributed by atoms with Crippen molar-refractivity contribution in [3.05, 3.63) is 66.7 Å². The lowest BCUT2D eigenvalue weighted by molar-refractivity contribution is -0.113. The van der Waals surface area contributed by atoms with E-state index in [-0.39, 0.29) is 11.7 Å². The number of allylic oxidation sites excluding steroid dienone is 1. The zero-order valence-electron chi connectivity index (χ0n) is 18.7. The summed E-state index contributed by atoms with van der Waals surface area (Å²) in [5.74, 6) is 1.76. The molecule has 0 aliphatic carbocycles. The normalized spacial score (nSPS) is 10.7. The number of ether oxygens (including phenoxy) is 1. The molecule has 3 aromatic rings. The Morgan fingerprint density at radius 1 is 1.16 bits per heavy atom. The lowest BCUT2D eigenvalue weighted by Crippen LogP contribution is -2.15. The van der Waals surface area contributed by atoms with Gasteiger partial charge in [0.15, 0.2) is 11.0 Å². The van der Waals surface area contributed by atoms with Crippen molar-refractivity contribution in [2.45, 2.75) is 44.8 Å². The van der Waals surface area contributed by atoms with Crippen LogP contribution in [0.4, 0.5) is 5.69 Å². The van der Waals surface area contributed by atoms with Gasteiger partial charge < -0.3 is 10.1 Å². The second kappa shape index (κ2) is 12.1. The molecular formula is C25H30N4O2S. The number of unbranched alkanes of at least 4 members (excludes halogenated alkanes) is 1. The van der Waals surface area contributed by atoms with Crippen LogP contribution in [0.2, 0.25) is 0 Å². The number of aryl methyl sites for hydroxylation is 1. The van der Waals surface area contributed by atoms with Crippen molar-refractivity contribution < 1.29 is 9.53 Å². The number of aromatic nitrogens is 3. The molecule has 1 heterocycles. The standard InChI is InChI=1S/C25H30N4O2S/c1-4-7-17-31-21-14-12-20(13-15-21)24-27-28-25(29(24)16-5-2)32-18-23(30)26-22-11-9-8-10-19(22)6-3/h5,8-15H,2,4,6-7,16-18H2,1,3H3,(H,26,30). The molecule has 0 atom stereocenters. The fourth-order valence-corrected chi connectivity index (χ4v) is 3.95. The van der Waals surface area contributed by atoms with Crippen molar-refractivity contribution >= 4 is 23.4 Å². The van der Waals surface area contributed by atoms with Crippen LogP contribution in [0.5, 0.6) is 5.75 Å². The van der Waals surface area contributed by atoms with Gasteiger partial charge in [0.2, 0.25) is 5.91 Å². The maximum Gasteiger partial charge on any atom is 0.234 e. The van der Waals surface area contributed by atoms with Crippen molar-refractivity contribution in [1.82, 2.24) is 14.8 Å². The van der Waals surface area contributed by atoms with Crippen LogP contribution in [0.3, 0.4) is 0 Å². The van der Waals surface area contributed by atoms with Gasteiger partial charge >= 0.3 is 0 Å². The van der Waals surface area contributed by atoms with Gasteiger partial charge in [0.05, 0.1) is 12.4 Å². The van der Waals surface area contributed by atoms with E-state index in [0.717, 1.165) is 47.7 Å². The number of hydrogen-bond donors (Lipinski definition) is 1. The SMILES string of the molecule is C=CCn1c(SCC(=O)Nc2ccccc2CC)nnc1-c1ccc(OCCCC)cc1. The van der Waals surface area contributed by atoms with Gasteiger partial charge in [0.25, 0.3) is 0 Å². The predicted molar refractivity (Wildman–Crippen MR) is 131 cm³/mol. The molecule has 0 aliphatic rings. The minimum absolute atomic E-state index is 0.0702. The van der Waals surface area contributed by atoms with Crippen molar-refractivity contribution in [2.75, 3.05) is 17.7 Å². The molecule has 1 aromatic heterocycles. The number of benzene rings is 2. The second-order valence-corrected chi connectivity index (χ2v) is 8.22. The van der Waals surface area contributed by atoms with Gasteiger partial charge in [0, 0.05) is 17.8 Å². The molecule has 6 nitrogen and oxygen atoms in total. The van der Waals surface area contributed by atoms with Crippen LogP contribution < -0.4 is 10.1 Å². The molecule has 0 saturated heterocycles. The van der Waals surface area contributed by atoms with Gasteiger partial charge in [-0.1, -0.05) is 56.3 Å². The summed E-state index contributed by atoms with van der Waals surface area (Å²) in [6.07, 6.45) is 4.81. The summed E-state index contributed by atoms with van der Waals surface area (Å²) in [5, 5.41) is 12.4. The van der Waals surface area contributed by atoms with E-state index in [2.05, 4.69) is 35.9 Å². The molecule has 1 amide bonds. The van der Waals surface area contributed by atoms with E-state index in [0.29, 0.717) is 18.3 Å². The summed E-state index contributed by atoms with van der Waals surface area (Å²) < 4.78 is 7.71. The zero-order valence-corrected chi connectivity index (χ0v) is 19.5. The Morgan fingerprint density at radius 3 is 2.66 bits per heavy atom. The molecule has 0 spiro atoms. The molecule has 7 heteroatoms. The topological polar surface area (TPSA) is 69.0 Å². The fourth-order valence-electron chi connectivity index (χ4n) is 3.20. The molecular weight excluding hydrogens is 420 g/mol. The van der Waals surface area contributed by atoms with Crippen LogP contribution in [-0.4, -0.2) is 33.0 Å². The van der Waals surface area contributed by atoms with Crippen LogP contribution in [0, 0.1) is 0 Å². The molecule has 0 aliphatic heterocycles.